The van der Waals surface area contributed by atoms with Gasteiger partial charge in [0.15, 0.2) is 0 Å². The maximum atomic E-state index is 13.6. The van der Waals surface area contributed by atoms with Crippen LogP contribution in [0.1, 0.15) is 70.4 Å². The Morgan fingerprint density at radius 3 is 2.54 bits per heavy atom. The van der Waals surface area contributed by atoms with Gasteiger partial charge in [0.1, 0.15) is 16.4 Å². The van der Waals surface area contributed by atoms with Crippen LogP contribution in [-0.2, 0) is 37.1 Å². The molecule has 1 aliphatic carbocycles. The van der Waals surface area contributed by atoms with E-state index < -0.39 is 5.60 Å². The number of benzene rings is 1. The topological polar surface area (TPSA) is 79.5 Å². The molecule has 0 saturated heterocycles. The van der Waals surface area contributed by atoms with Crippen LogP contribution >= 0.6 is 22.7 Å². The van der Waals surface area contributed by atoms with E-state index in [1.807, 2.05) is 20.8 Å². The zero-order valence-electron chi connectivity index (χ0n) is 21.4. The van der Waals surface area contributed by atoms with E-state index in [1.54, 1.807) is 23.5 Å². The van der Waals surface area contributed by atoms with Crippen LogP contribution < -0.4 is 16.0 Å². The third-order valence-electron chi connectivity index (χ3n) is 6.57. The van der Waals surface area contributed by atoms with Gasteiger partial charge in [-0.05, 0) is 93.8 Å². The number of amides is 2. The Labute approximate surface area is 224 Å². The molecule has 2 aliphatic rings. The summed E-state index contributed by atoms with van der Waals surface area (Å²) in [5.41, 5.74) is 4.15. The lowest BCUT2D eigenvalue weighted by molar-refractivity contribution is 0.00699. The number of carbonyl (C=O) groups is 2. The van der Waals surface area contributed by atoms with Crippen molar-refractivity contribution in [3.8, 4) is 10.4 Å². The first-order chi connectivity index (χ1) is 17.7. The monoisotopic (exact) mass is 541 g/mol. The van der Waals surface area contributed by atoms with E-state index in [9.17, 15) is 14.0 Å². The first-order valence-electron chi connectivity index (χ1n) is 12.7. The molecule has 1 aromatic carbocycles. The molecule has 1 aliphatic heterocycles. The highest BCUT2D eigenvalue weighted by atomic mass is 32.1. The summed E-state index contributed by atoms with van der Waals surface area (Å²) in [5.74, 6) is -0.662. The van der Waals surface area contributed by atoms with Crippen molar-refractivity contribution in [2.75, 3.05) is 11.9 Å². The smallest absolute Gasteiger partial charge is 0.341 e. The highest BCUT2D eigenvalue weighted by Gasteiger charge is 2.30. The van der Waals surface area contributed by atoms with Gasteiger partial charge in [0.05, 0.1) is 5.56 Å². The normalized spacial score (nSPS) is 15.0. The van der Waals surface area contributed by atoms with Gasteiger partial charge in [0.2, 0.25) is 0 Å². The Morgan fingerprint density at radius 2 is 1.78 bits per heavy atom. The summed E-state index contributed by atoms with van der Waals surface area (Å²) in [5, 5.41) is 9.92. The predicted octanol–water partition coefficient (Wildman–Crippen LogP) is 6.42. The number of thiophene rings is 2. The molecule has 3 aromatic rings. The maximum absolute atomic E-state index is 13.6. The van der Waals surface area contributed by atoms with Crippen LogP contribution in [0.3, 0.4) is 0 Å². The Kier molecular flexibility index (Phi) is 7.38. The molecule has 196 valence electrons. The van der Waals surface area contributed by atoms with Crippen LogP contribution in [0.15, 0.2) is 24.3 Å². The molecule has 3 heterocycles. The molecule has 2 aromatic heterocycles. The van der Waals surface area contributed by atoms with Crippen molar-refractivity contribution >= 4 is 39.7 Å². The Bertz CT molecular complexity index is 1320. The second kappa shape index (κ2) is 10.6. The fourth-order valence-corrected chi connectivity index (χ4v) is 7.55. The van der Waals surface area contributed by atoms with E-state index in [4.69, 9.17) is 4.74 Å². The average molecular weight is 542 g/mol. The van der Waals surface area contributed by atoms with Crippen molar-refractivity contribution in [1.29, 1.82) is 0 Å². The van der Waals surface area contributed by atoms with Gasteiger partial charge >= 0.3 is 12.0 Å². The molecule has 0 bridgehead atoms. The second-order valence-electron chi connectivity index (χ2n) is 10.5. The number of nitrogens with one attached hydrogen (secondary N) is 3. The molecule has 6 nitrogen and oxygen atoms in total. The molecule has 3 N–H and O–H groups in total. The minimum absolute atomic E-state index is 0.273. The van der Waals surface area contributed by atoms with E-state index in [0.29, 0.717) is 17.1 Å². The van der Waals surface area contributed by atoms with Crippen LogP contribution in [0.5, 0.6) is 0 Å². The van der Waals surface area contributed by atoms with Crippen molar-refractivity contribution in [3.05, 3.63) is 62.1 Å². The Balaban J connectivity index is 1.37. The van der Waals surface area contributed by atoms with Gasteiger partial charge in [-0.25, -0.2) is 14.0 Å². The lowest BCUT2D eigenvalue weighted by atomic mass is 9.95. The summed E-state index contributed by atoms with van der Waals surface area (Å²) in [6, 6.07) is 6.14. The third-order valence-corrected chi connectivity index (χ3v) is 9.10. The maximum Gasteiger partial charge on any atom is 0.341 e. The predicted molar refractivity (Wildman–Crippen MR) is 147 cm³/mol. The number of esters is 1. The van der Waals surface area contributed by atoms with E-state index in [0.717, 1.165) is 71.6 Å². The fraction of sp³-hybridized carbons (Fsp3) is 0.429. The molecular weight excluding hydrogens is 509 g/mol. The van der Waals surface area contributed by atoms with Gasteiger partial charge in [-0.2, -0.15) is 0 Å². The van der Waals surface area contributed by atoms with Gasteiger partial charge < -0.3 is 15.4 Å². The van der Waals surface area contributed by atoms with Gasteiger partial charge in [0, 0.05) is 27.7 Å². The van der Waals surface area contributed by atoms with Crippen molar-refractivity contribution in [3.63, 3.8) is 0 Å². The van der Waals surface area contributed by atoms with Crippen LogP contribution in [0.25, 0.3) is 10.4 Å². The number of ether oxygens (including phenoxy) is 1. The van der Waals surface area contributed by atoms with Crippen molar-refractivity contribution in [2.24, 2.45) is 0 Å². The summed E-state index contributed by atoms with van der Waals surface area (Å²) in [7, 11) is 0. The Hall–Kier alpha value is -2.75. The molecule has 0 unspecified atom stereocenters. The quantitative estimate of drug-likeness (QED) is 0.326. The third kappa shape index (κ3) is 5.73. The van der Waals surface area contributed by atoms with E-state index in [1.165, 1.54) is 33.9 Å². The number of halogens is 1. The zero-order chi connectivity index (χ0) is 26.2. The highest BCUT2D eigenvalue weighted by Crippen LogP contribution is 2.40. The first kappa shape index (κ1) is 25.9. The molecule has 5 rings (SSSR count). The standard InChI is InChI=1S/C28H32FN3O3S2/c1-28(2,3)35-26(33)23-19-6-4-5-7-21(19)37-25(23)32-27(34)31-14-20-18-12-13-30-15-22(18)36-24(20)16-8-10-17(29)11-9-16/h8-11,30H,4-7,12-15H2,1-3H3,(H2,31,32,34). The molecule has 0 atom stereocenters. The van der Waals surface area contributed by atoms with Crippen LogP contribution in [0, 0.1) is 5.82 Å². The van der Waals surface area contributed by atoms with Crippen molar-refractivity contribution in [1.82, 2.24) is 10.6 Å². The number of carbonyl (C=O) groups excluding carboxylic acids is 2. The summed E-state index contributed by atoms with van der Waals surface area (Å²) in [4.78, 5) is 29.7. The average Bonchev–Trinajstić information content (AvgIpc) is 3.40. The van der Waals surface area contributed by atoms with Crippen molar-refractivity contribution in [2.45, 2.75) is 71.6 Å². The van der Waals surface area contributed by atoms with Crippen LogP contribution in [0.4, 0.5) is 14.2 Å². The molecule has 2 amide bonds. The number of aryl methyl sites for hydroxylation is 1. The first-order valence-corrected chi connectivity index (χ1v) is 14.4. The van der Waals surface area contributed by atoms with Gasteiger partial charge in [-0.15, -0.1) is 22.7 Å². The molecule has 9 heteroatoms. The number of fused-ring (bicyclic) bond motifs is 2. The Morgan fingerprint density at radius 1 is 1.03 bits per heavy atom. The molecule has 0 saturated carbocycles. The number of hydrogen-bond donors (Lipinski definition) is 3. The van der Waals surface area contributed by atoms with Gasteiger partial charge in [0.25, 0.3) is 0 Å². The second-order valence-corrected chi connectivity index (χ2v) is 12.7. The lowest BCUT2D eigenvalue weighted by Gasteiger charge is -2.21. The molecule has 0 fully saturated rings. The zero-order valence-corrected chi connectivity index (χ0v) is 23.0. The lowest BCUT2D eigenvalue weighted by Crippen LogP contribution is -2.30. The fourth-order valence-electron chi connectivity index (χ4n) is 4.94. The molecule has 0 spiro atoms. The molecule has 0 radical (unpaired) electrons. The largest absolute Gasteiger partial charge is 0.456 e. The van der Waals surface area contributed by atoms with Gasteiger partial charge in [-0.3, -0.25) is 5.32 Å². The van der Waals surface area contributed by atoms with E-state index >= 15 is 0 Å². The number of rotatable bonds is 5. The SMILES string of the molecule is CC(C)(C)OC(=O)c1c(NC(=O)NCc2c(-c3ccc(F)cc3)sc3c2CCNC3)sc2c1CCCC2. The van der Waals surface area contributed by atoms with E-state index in [-0.39, 0.29) is 17.8 Å². The summed E-state index contributed by atoms with van der Waals surface area (Å²) in [6.45, 7) is 7.56. The number of hydrogen-bond acceptors (Lipinski definition) is 6. The summed E-state index contributed by atoms with van der Waals surface area (Å²) < 4.78 is 19.2. The van der Waals surface area contributed by atoms with Crippen LogP contribution in [-0.4, -0.2) is 24.1 Å². The minimum atomic E-state index is -0.621. The minimum Gasteiger partial charge on any atom is -0.456 e. The highest BCUT2D eigenvalue weighted by molar-refractivity contribution is 7.17. The van der Waals surface area contributed by atoms with E-state index in [2.05, 4.69) is 16.0 Å². The molecule has 37 heavy (non-hydrogen) atoms. The van der Waals surface area contributed by atoms with Crippen molar-refractivity contribution < 1.29 is 18.7 Å². The van der Waals surface area contributed by atoms with Gasteiger partial charge in [-0.1, -0.05) is 12.1 Å². The summed E-state index contributed by atoms with van der Waals surface area (Å²) >= 11 is 3.17. The van der Waals surface area contributed by atoms with Crippen LogP contribution in [0.2, 0.25) is 0 Å². The summed E-state index contributed by atoms with van der Waals surface area (Å²) in [6.07, 6.45) is 4.72. The molecular formula is C28H32FN3O3S2. The number of anilines is 1. The number of urea groups is 1.